The number of pyridine rings is 2. The highest BCUT2D eigenvalue weighted by molar-refractivity contribution is 6.00. The maximum Gasteiger partial charge on any atom is 0.419 e. The van der Waals surface area contributed by atoms with Crippen LogP contribution in [-0.4, -0.2) is 56.5 Å². The number of aliphatic imine (C=N–C) groups is 1. The number of nitrogens with zero attached hydrogens (tertiary/aromatic N) is 6. The van der Waals surface area contributed by atoms with Crippen molar-refractivity contribution >= 4 is 17.5 Å². The molecular formula is C25H21F6N7. The summed E-state index contributed by atoms with van der Waals surface area (Å²) in [5.74, 6) is 0.727. The zero-order valence-electron chi connectivity index (χ0n) is 19.8. The molecule has 2 aliphatic rings. The number of anilines is 2. The molecule has 0 spiro atoms. The van der Waals surface area contributed by atoms with Gasteiger partial charge in [0.15, 0.2) is 5.82 Å². The van der Waals surface area contributed by atoms with E-state index in [0.29, 0.717) is 41.3 Å². The number of amidine groups is 1. The number of fused-ring (bicyclic) bond motifs is 1. The Balaban J connectivity index is 1.49. The van der Waals surface area contributed by atoms with Crippen LogP contribution in [0.2, 0.25) is 0 Å². The van der Waals surface area contributed by atoms with E-state index in [4.69, 9.17) is 0 Å². The first-order chi connectivity index (χ1) is 18.1. The summed E-state index contributed by atoms with van der Waals surface area (Å²) in [7, 11) is 0. The second-order valence-electron chi connectivity index (χ2n) is 8.71. The van der Waals surface area contributed by atoms with Gasteiger partial charge in [0.05, 0.1) is 16.8 Å². The second kappa shape index (κ2) is 10.0. The molecule has 0 amide bonds. The van der Waals surface area contributed by atoms with E-state index >= 15 is 0 Å². The van der Waals surface area contributed by atoms with E-state index in [1.54, 1.807) is 29.4 Å². The molecule has 13 heteroatoms. The number of halogens is 6. The molecule has 2 aliphatic heterocycles. The Morgan fingerprint density at radius 1 is 0.868 bits per heavy atom. The molecule has 198 valence electrons. The first kappa shape index (κ1) is 25.6. The maximum atomic E-state index is 13.7. The summed E-state index contributed by atoms with van der Waals surface area (Å²) in [6.45, 7) is 0.757. The average molecular weight is 533 g/mol. The summed E-state index contributed by atoms with van der Waals surface area (Å²) in [6.07, 6.45) is -3.18. The van der Waals surface area contributed by atoms with Gasteiger partial charge >= 0.3 is 12.4 Å². The van der Waals surface area contributed by atoms with Crippen molar-refractivity contribution in [3.63, 3.8) is 0 Å². The van der Waals surface area contributed by atoms with Gasteiger partial charge in [-0.3, -0.25) is 9.98 Å². The van der Waals surface area contributed by atoms with Crippen molar-refractivity contribution in [2.45, 2.75) is 31.6 Å². The Labute approximate surface area is 213 Å². The highest BCUT2D eigenvalue weighted by atomic mass is 19.4. The van der Waals surface area contributed by atoms with E-state index < -0.39 is 23.5 Å². The predicted molar refractivity (Wildman–Crippen MR) is 128 cm³/mol. The lowest BCUT2D eigenvalue weighted by Gasteiger charge is -2.28. The maximum absolute atomic E-state index is 13.7. The van der Waals surface area contributed by atoms with Crippen molar-refractivity contribution < 1.29 is 26.3 Å². The molecule has 5 heterocycles. The molecule has 3 aromatic heterocycles. The van der Waals surface area contributed by atoms with E-state index in [0.717, 1.165) is 12.3 Å². The third kappa shape index (κ3) is 5.46. The summed E-state index contributed by atoms with van der Waals surface area (Å²) >= 11 is 0. The normalized spacial score (nSPS) is 16.3. The SMILES string of the molecule is FC(F)(F)C1=CCCN=C1N1CCc2nc(-c3ccncc3)nc(Nc3ccc(C(F)(F)F)cn3)c2CC1. The fourth-order valence-electron chi connectivity index (χ4n) is 4.37. The van der Waals surface area contributed by atoms with Gasteiger partial charge in [0, 0.05) is 55.8 Å². The van der Waals surface area contributed by atoms with Gasteiger partial charge in [-0.15, -0.1) is 0 Å². The van der Waals surface area contributed by atoms with Gasteiger partial charge in [0.1, 0.15) is 17.5 Å². The number of rotatable bonds is 3. The largest absolute Gasteiger partial charge is 0.419 e. The van der Waals surface area contributed by atoms with Gasteiger partial charge in [-0.1, -0.05) is 6.08 Å². The molecule has 5 rings (SSSR count). The van der Waals surface area contributed by atoms with Crippen LogP contribution in [0.4, 0.5) is 38.0 Å². The summed E-state index contributed by atoms with van der Waals surface area (Å²) in [4.78, 5) is 22.9. The van der Waals surface area contributed by atoms with Gasteiger partial charge < -0.3 is 10.2 Å². The molecule has 0 saturated heterocycles. The number of aromatic nitrogens is 4. The molecule has 1 N–H and O–H groups in total. The lowest BCUT2D eigenvalue weighted by atomic mass is 10.1. The van der Waals surface area contributed by atoms with Crippen molar-refractivity contribution in [1.29, 1.82) is 0 Å². The first-order valence-electron chi connectivity index (χ1n) is 11.8. The summed E-state index contributed by atoms with van der Waals surface area (Å²) in [6, 6.07) is 5.53. The molecule has 0 radical (unpaired) electrons. The molecule has 38 heavy (non-hydrogen) atoms. The molecule has 0 atom stereocenters. The van der Waals surface area contributed by atoms with Gasteiger partial charge in [-0.2, -0.15) is 26.3 Å². The third-order valence-electron chi connectivity index (χ3n) is 6.20. The topological polar surface area (TPSA) is 79.2 Å². The molecule has 0 fully saturated rings. The number of nitrogens with one attached hydrogen (secondary N) is 1. The van der Waals surface area contributed by atoms with Crippen LogP contribution in [0.25, 0.3) is 11.4 Å². The molecule has 0 aromatic carbocycles. The van der Waals surface area contributed by atoms with Crippen LogP contribution in [-0.2, 0) is 19.0 Å². The molecule has 0 unspecified atom stereocenters. The standard InChI is InChI=1S/C25H21F6N7/c26-24(27,28)16-3-4-20(34-14-16)36-22-17-7-12-38(23-18(25(29,30)31)2-1-9-33-23)13-8-19(17)35-21(37-22)15-5-10-32-11-6-15/h2-6,10-11,14H,1,7-9,12-13H2,(H,34,35,36,37). The lowest BCUT2D eigenvalue weighted by molar-refractivity contribution is -0.137. The predicted octanol–water partition coefficient (Wildman–Crippen LogP) is 5.39. The minimum Gasteiger partial charge on any atom is -0.356 e. The minimum absolute atomic E-state index is 0.0854. The van der Waals surface area contributed by atoms with Crippen LogP contribution in [0.15, 0.2) is 59.5 Å². The van der Waals surface area contributed by atoms with Crippen molar-refractivity contribution in [3.8, 4) is 11.4 Å². The fraction of sp³-hybridized carbons (Fsp3) is 0.320. The van der Waals surface area contributed by atoms with Crippen molar-refractivity contribution in [2.75, 3.05) is 25.0 Å². The number of hydrogen-bond acceptors (Lipinski definition) is 7. The highest BCUT2D eigenvalue weighted by Gasteiger charge is 2.40. The number of alkyl halides is 6. The van der Waals surface area contributed by atoms with E-state index in [1.165, 1.54) is 12.1 Å². The molecule has 0 bridgehead atoms. The van der Waals surface area contributed by atoms with Crippen LogP contribution in [0.1, 0.15) is 23.2 Å². The first-order valence-corrected chi connectivity index (χ1v) is 11.8. The number of hydrogen-bond donors (Lipinski definition) is 1. The van der Waals surface area contributed by atoms with Crippen molar-refractivity contribution in [3.05, 3.63) is 71.3 Å². The van der Waals surface area contributed by atoms with Crippen molar-refractivity contribution in [1.82, 2.24) is 24.8 Å². The molecule has 0 aliphatic carbocycles. The highest BCUT2D eigenvalue weighted by Crippen LogP contribution is 2.33. The molecule has 3 aromatic rings. The summed E-state index contributed by atoms with van der Waals surface area (Å²) in [5, 5.41) is 2.99. The van der Waals surface area contributed by atoms with E-state index in [-0.39, 0.29) is 37.7 Å². The third-order valence-corrected chi connectivity index (χ3v) is 6.20. The Kier molecular flexibility index (Phi) is 6.76. The van der Waals surface area contributed by atoms with E-state index in [2.05, 4.69) is 30.2 Å². The summed E-state index contributed by atoms with van der Waals surface area (Å²) in [5.41, 5.74) is 0.301. The Morgan fingerprint density at radius 3 is 2.32 bits per heavy atom. The van der Waals surface area contributed by atoms with Crippen molar-refractivity contribution in [2.24, 2.45) is 4.99 Å². The molecular weight excluding hydrogens is 512 g/mol. The Bertz CT molecular complexity index is 1370. The van der Waals surface area contributed by atoms with E-state index in [1.807, 2.05) is 0 Å². The minimum atomic E-state index is -4.53. The monoisotopic (exact) mass is 533 g/mol. The van der Waals surface area contributed by atoms with Crippen LogP contribution >= 0.6 is 0 Å². The molecule has 7 nitrogen and oxygen atoms in total. The van der Waals surface area contributed by atoms with Gasteiger partial charge in [0.25, 0.3) is 0 Å². The summed E-state index contributed by atoms with van der Waals surface area (Å²) < 4.78 is 79.9. The zero-order chi connectivity index (χ0) is 26.9. The quantitative estimate of drug-likeness (QED) is 0.455. The Hall–Kier alpha value is -4.03. The lowest BCUT2D eigenvalue weighted by Crippen LogP contribution is -2.39. The van der Waals surface area contributed by atoms with Crippen LogP contribution in [0.3, 0.4) is 0 Å². The second-order valence-corrected chi connectivity index (χ2v) is 8.71. The molecule has 0 saturated carbocycles. The van der Waals surface area contributed by atoms with Crippen LogP contribution in [0.5, 0.6) is 0 Å². The number of dihydropyridines is 1. The van der Waals surface area contributed by atoms with Crippen LogP contribution < -0.4 is 5.32 Å². The smallest absolute Gasteiger partial charge is 0.356 e. The fourth-order valence-corrected chi connectivity index (χ4v) is 4.37. The van der Waals surface area contributed by atoms with Gasteiger partial charge in [-0.25, -0.2) is 15.0 Å². The Morgan fingerprint density at radius 2 is 1.63 bits per heavy atom. The van der Waals surface area contributed by atoms with E-state index in [9.17, 15) is 26.3 Å². The zero-order valence-corrected chi connectivity index (χ0v) is 19.8. The van der Waals surface area contributed by atoms with Gasteiger partial charge in [0.2, 0.25) is 0 Å². The average Bonchev–Trinajstić information content (AvgIpc) is 3.11. The van der Waals surface area contributed by atoms with Crippen LogP contribution in [0, 0.1) is 0 Å². The van der Waals surface area contributed by atoms with Gasteiger partial charge in [-0.05, 0) is 37.1 Å².